The average Bonchev–Trinajstić information content (AvgIpc) is 3.25. The van der Waals surface area contributed by atoms with Crippen LogP contribution in [0.4, 0.5) is 11.8 Å². The summed E-state index contributed by atoms with van der Waals surface area (Å²) in [4.78, 5) is 4.32. The van der Waals surface area contributed by atoms with Gasteiger partial charge in [-0.1, -0.05) is 6.07 Å². The lowest BCUT2D eigenvalue weighted by atomic mass is 9.99. The summed E-state index contributed by atoms with van der Waals surface area (Å²) in [5.41, 5.74) is 12.0. The van der Waals surface area contributed by atoms with Crippen LogP contribution in [0.3, 0.4) is 0 Å². The van der Waals surface area contributed by atoms with Gasteiger partial charge < -0.3 is 15.8 Å². The van der Waals surface area contributed by atoms with Gasteiger partial charge in [0.15, 0.2) is 5.65 Å². The van der Waals surface area contributed by atoms with Crippen molar-refractivity contribution in [3.8, 4) is 11.1 Å². The van der Waals surface area contributed by atoms with Crippen LogP contribution in [0.1, 0.15) is 24.1 Å². The molecule has 0 atom stereocenters. The molecule has 4 N–H and O–H groups in total. The number of aryl methyl sites for hydroxylation is 2. The van der Waals surface area contributed by atoms with Gasteiger partial charge in [0, 0.05) is 35.9 Å². The predicted molar refractivity (Wildman–Crippen MR) is 109 cm³/mol. The molecule has 8 nitrogen and oxygen atoms in total. The van der Waals surface area contributed by atoms with Crippen molar-refractivity contribution in [2.45, 2.75) is 32.7 Å². The smallest absolute Gasteiger partial charge is 0.240 e. The average molecular weight is 377 g/mol. The molecular formula is C20H23N7O. The molecule has 0 unspecified atom stereocenters. The van der Waals surface area contributed by atoms with E-state index in [1.165, 1.54) is 10.9 Å². The Morgan fingerprint density at radius 3 is 2.86 bits per heavy atom. The normalized spacial score (nSPS) is 15.5. The first-order valence-corrected chi connectivity index (χ1v) is 9.55. The summed E-state index contributed by atoms with van der Waals surface area (Å²) in [6, 6.07) is 8.65. The van der Waals surface area contributed by atoms with Crippen LogP contribution in [0.2, 0.25) is 0 Å². The largest absolute Gasteiger partial charge is 0.381 e. The molecule has 0 amide bonds. The van der Waals surface area contributed by atoms with E-state index in [1.54, 1.807) is 4.52 Å². The van der Waals surface area contributed by atoms with Gasteiger partial charge in [-0.15, -0.1) is 5.10 Å². The standard InChI is InChI=1S/C20H23N7O/c1-11-9-13(10-16-18(11)12(2)24-25-16)15-3-4-17-23-20(21)26-27(17)19(15)22-14-5-7-28-8-6-14/h3-4,9-10,14,22H,5-8H2,1-2H3,(H2,21,26)(H,24,25). The third-order valence-corrected chi connectivity index (χ3v) is 5.42. The Kier molecular flexibility index (Phi) is 3.94. The Balaban J connectivity index is 1.69. The molecule has 4 aromatic rings. The van der Waals surface area contributed by atoms with Gasteiger partial charge in [0.25, 0.3) is 0 Å². The highest BCUT2D eigenvalue weighted by Gasteiger charge is 2.20. The van der Waals surface area contributed by atoms with Crippen molar-refractivity contribution in [1.82, 2.24) is 24.8 Å². The number of nitrogens with zero attached hydrogens (tertiary/aromatic N) is 4. The van der Waals surface area contributed by atoms with Crippen LogP contribution >= 0.6 is 0 Å². The van der Waals surface area contributed by atoms with Gasteiger partial charge in [-0.05, 0) is 56.0 Å². The molecule has 3 aromatic heterocycles. The summed E-state index contributed by atoms with van der Waals surface area (Å²) >= 11 is 0. The van der Waals surface area contributed by atoms with Gasteiger partial charge in [-0.25, -0.2) is 0 Å². The highest BCUT2D eigenvalue weighted by atomic mass is 16.5. The summed E-state index contributed by atoms with van der Waals surface area (Å²) in [6.45, 7) is 5.69. The maximum atomic E-state index is 5.88. The quantitative estimate of drug-likeness (QED) is 0.507. The summed E-state index contributed by atoms with van der Waals surface area (Å²) in [5, 5.41) is 16.8. The van der Waals surface area contributed by atoms with E-state index in [0.717, 1.165) is 59.9 Å². The van der Waals surface area contributed by atoms with Crippen LogP contribution in [-0.4, -0.2) is 44.1 Å². The van der Waals surface area contributed by atoms with Crippen LogP contribution < -0.4 is 11.1 Å². The molecule has 0 spiro atoms. The van der Waals surface area contributed by atoms with E-state index in [2.05, 4.69) is 50.7 Å². The maximum Gasteiger partial charge on any atom is 0.240 e. The van der Waals surface area contributed by atoms with Crippen LogP contribution in [0, 0.1) is 13.8 Å². The van der Waals surface area contributed by atoms with E-state index in [1.807, 2.05) is 13.0 Å². The van der Waals surface area contributed by atoms with Crippen molar-refractivity contribution in [2.75, 3.05) is 24.3 Å². The zero-order chi connectivity index (χ0) is 19.3. The zero-order valence-corrected chi connectivity index (χ0v) is 16.0. The fourth-order valence-corrected chi connectivity index (χ4v) is 4.07. The van der Waals surface area contributed by atoms with Gasteiger partial charge in [-0.3, -0.25) is 5.10 Å². The van der Waals surface area contributed by atoms with Crippen LogP contribution in [0.25, 0.3) is 27.7 Å². The number of nitrogens with two attached hydrogens (primary N) is 1. The van der Waals surface area contributed by atoms with Gasteiger partial charge in [0.2, 0.25) is 5.95 Å². The van der Waals surface area contributed by atoms with E-state index in [0.29, 0.717) is 6.04 Å². The molecule has 1 aliphatic heterocycles. The monoisotopic (exact) mass is 377 g/mol. The Labute approximate surface area is 162 Å². The molecule has 1 saturated heterocycles. The van der Waals surface area contributed by atoms with Crippen LogP contribution in [0.15, 0.2) is 24.3 Å². The summed E-state index contributed by atoms with van der Waals surface area (Å²) in [6.07, 6.45) is 1.91. The van der Waals surface area contributed by atoms with Crippen molar-refractivity contribution >= 4 is 28.3 Å². The number of H-pyrrole nitrogens is 1. The Hall–Kier alpha value is -3.13. The predicted octanol–water partition coefficient (Wildman–Crippen LogP) is 3.06. The fourth-order valence-electron chi connectivity index (χ4n) is 4.07. The summed E-state index contributed by atoms with van der Waals surface area (Å²) in [5.74, 6) is 1.17. The lowest BCUT2D eigenvalue weighted by Gasteiger charge is -2.25. The third-order valence-electron chi connectivity index (χ3n) is 5.42. The Bertz CT molecular complexity index is 1170. The third kappa shape index (κ3) is 2.77. The number of fused-ring (bicyclic) bond motifs is 2. The van der Waals surface area contributed by atoms with Gasteiger partial charge >= 0.3 is 0 Å². The SMILES string of the molecule is Cc1cc(-c2ccc3nc(N)nn3c2NC2CCOCC2)cc2n[nH]c(C)c12. The minimum absolute atomic E-state index is 0.265. The number of hydrogen-bond donors (Lipinski definition) is 3. The molecule has 144 valence electrons. The number of pyridine rings is 1. The van der Waals surface area contributed by atoms with E-state index in [9.17, 15) is 0 Å². The van der Waals surface area contributed by atoms with Crippen LogP contribution in [-0.2, 0) is 4.74 Å². The minimum atomic E-state index is 0.265. The molecule has 0 radical (unpaired) electrons. The molecule has 28 heavy (non-hydrogen) atoms. The number of hydrogen-bond acceptors (Lipinski definition) is 6. The van der Waals surface area contributed by atoms with Gasteiger partial charge in [0.05, 0.1) is 5.52 Å². The van der Waals surface area contributed by atoms with E-state index in [-0.39, 0.29) is 5.95 Å². The Morgan fingerprint density at radius 1 is 1.21 bits per heavy atom. The molecule has 1 aromatic carbocycles. The molecular weight excluding hydrogens is 354 g/mol. The number of anilines is 2. The van der Waals surface area contributed by atoms with Gasteiger partial charge in [0.1, 0.15) is 5.82 Å². The highest BCUT2D eigenvalue weighted by molar-refractivity contribution is 5.91. The molecule has 0 saturated carbocycles. The van der Waals surface area contributed by atoms with Crippen molar-refractivity contribution in [1.29, 1.82) is 0 Å². The summed E-state index contributed by atoms with van der Waals surface area (Å²) in [7, 11) is 0. The second-order valence-corrected chi connectivity index (χ2v) is 7.40. The number of nitrogen functional groups attached to an aromatic ring is 1. The fraction of sp³-hybridized carbons (Fsp3) is 0.350. The number of benzene rings is 1. The second kappa shape index (κ2) is 6.49. The van der Waals surface area contributed by atoms with Gasteiger partial charge in [-0.2, -0.15) is 14.6 Å². The van der Waals surface area contributed by atoms with Crippen molar-refractivity contribution in [3.63, 3.8) is 0 Å². The molecule has 0 aliphatic carbocycles. The molecule has 0 bridgehead atoms. The van der Waals surface area contributed by atoms with Crippen molar-refractivity contribution in [2.24, 2.45) is 0 Å². The number of rotatable bonds is 3. The van der Waals surface area contributed by atoms with E-state index < -0.39 is 0 Å². The molecule has 1 fully saturated rings. The first-order valence-electron chi connectivity index (χ1n) is 9.55. The highest BCUT2D eigenvalue weighted by Crippen LogP contribution is 2.34. The number of aromatic amines is 1. The molecule has 4 heterocycles. The molecule has 5 rings (SSSR count). The number of ether oxygens (including phenoxy) is 1. The molecule has 1 aliphatic rings. The Morgan fingerprint density at radius 2 is 2.04 bits per heavy atom. The summed E-state index contributed by atoms with van der Waals surface area (Å²) < 4.78 is 7.30. The van der Waals surface area contributed by atoms with Crippen LogP contribution in [0.5, 0.6) is 0 Å². The second-order valence-electron chi connectivity index (χ2n) is 7.40. The minimum Gasteiger partial charge on any atom is -0.381 e. The topological polar surface area (TPSA) is 106 Å². The van der Waals surface area contributed by atoms with E-state index in [4.69, 9.17) is 10.5 Å². The lowest BCUT2D eigenvalue weighted by molar-refractivity contribution is 0.0903. The zero-order valence-electron chi connectivity index (χ0n) is 16.0. The maximum absolute atomic E-state index is 5.88. The first-order chi connectivity index (χ1) is 13.6. The van der Waals surface area contributed by atoms with Crippen molar-refractivity contribution in [3.05, 3.63) is 35.5 Å². The number of nitrogens with one attached hydrogen (secondary N) is 2. The molecule has 8 heteroatoms. The first kappa shape index (κ1) is 17.0. The lowest BCUT2D eigenvalue weighted by Crippen LogP contribution is -2.29. The van der Waals surface area contributed by atoms with E-state index >= 15 is 0 Å². The number of aromatic nitrogens is 5. The van der Waals surface area contributed by atoms with Crippen molar-refractivity contribution < 1.29 is 4.74 Å².